The van der Waals surface area contributed by atoms with Crippen molar-refractivity contribution in [1.29, 1.82) is 0 Å². The molecule has 4 nitrogen and oxygen atoms in total. The number of pyridine rings is 1. The van der Waals surface area contributed by atoms with E-state index in [1.807, 2.05) is 38.1 Å². The maximum Gasteiger partial charge on any atom is 0.263 e. The van der Waals surface area contributed by atoms with E-state index in [4.69, 9.17) is 0 Å². The molecule has 0 aliphatic carbocycles. The Morgan fingerprint density at radius 3 is 2.62 bits per heavy atom. The molecule has 0 spiro atoms. The second-order valence-electron chi connectivity index (χ2n) is 4.76. The molecule has 0 bridgehead atoms. The first-order valence-electron chi connectivity index (χ1n) is 6.41. The fraction of sp³-hybridized carbons (Fsp3) is 0.133. The van der Waals surface area contributed by atoms with Gasteiger partial charge in [0.1, 0.15) is 4.90 Å². The van der Waals surface area contributed by atoms with E-state index in [9.17, 15) is 8.42 Å². The smallest absolute Gasteiger partial charge is 0.263 e. The average molecular weight is 318 g/mol. The summed E-state index contributed by atoms with van der Waals surface area (Å²) in [5, 5.41) is 0.899. The van der Waals surface area contributed by atoms with Gasteiger partial charge in [0.05, 0.1) is 11.2 Å². The molecule has 0 saturated carbocycles. The van der Waals surface area contributed by atoms with Gasteiger partial charge in [0, 0.05) is 21.3 Å². The minimum absolute atomic E-state index is 0.331. The van der Waals surface area contributed by atoms with Crippen LogP contribution in [0.5, 0.6) is 0 Å². The molecule has 1 N–H and O–H groups in total. The minimum atomic E-state index is -3.59. The molecular weight excluding hydrogens is 304 g/mol. The van der Waals surface area contributed by atoms with Crippen molar-refractivity contribution in [1.82, 2.24) is 4.98 Å². The standard InChI is InChI=1S/C15H14N2O2S2/c1-10-9-14(11(2)20-10)21(18,19)17-13-7-3-5-12-6-4-8-16-15(12)13/h3-9,17H,1-2H3. The highest BCUT2D eigenvalue weighted by Crippen LogP contribution is 2.28. The average Bonchev–Trinajstić information content (AvgIpc) is 2.79. The van der Waals surface area contributed by atoms with Gasteiger partial charge in [0.25, 0.3) is 10.0 Å². The van der Waals surface area contributed by atoms with Crippen LogP contribution < -0.4 is 4.72 Å². The summed E-state index contributed by atoms with van der Waals surface area (Å²) in [4.78, 5) is 6.35. The molecule has 0 saturated heterocycles. The number of thiophene rings is 1. The number of aromatic nitrogens is 1. The predicted molar refractivity (Wildman–Crippen MR) is 86.3 cm³/mol. The van der Waals surface area contributed by atoms with Crippen molar-refractivity contribution in [2.24, 2.45) is 0 Å². The topological polar surface area (TPSA) is 59.1 Å². The van der Waals surface area contributed by atoms with Crippen LogP contribution in [0.1, 0.15) is 9.75 Å². The monoisotopic (exact) mass is 318 g/mol. The van der Waals surface area contributed by atoms with E-state index >= 15 is 0 Å². The number of sulfonamides is 1. The molecule has 108 valence electrons. The fourth-order valence-corrected chi connectivity index (χ4v) is 4.88. The van der Waals surface area contributed by atoms with E-state index in [1.54, 1.807) is 18.3 Å². The van der Waals surface area contributed by atoms with E-state index in [1.165, 1.54) is 11.3 Å². The zero-order valence-electron chi connectivity index (χ0n) is 11.6. The van der Waals surface area contributed by atoms with Crippen molar-refractivity contribution in [3.63, 3.8) is 0 Å². The van der Waals surface area contributed by atoms with Crippen LogP contribution in [0.4, 0.5) is 5.69 Å². The predicted octanol–water partition coefficient (Wildman–Crippen LogP) is 3.71. The number of nitrogens with zero attached hydrogens (tertiary/aromatic N) is 1. The lowest BCUT2D eigenvalue weighted by atomic mass is 10.2. The number of nitrogens with one attached hydrogen (secondary N) is 1. The maximum atomic E-state index is 12.5. The van der Waals surface area contributed by atoms with Crippen molar-refractivity contribution < 1.29 is 8.42 Å². The molecule has 0 fully saturated rings. The Hall–Kier alpha value is -1.92. The molecule has 0 amide bonds. The van der Waals surface area contributed by atoms with Gasteiger partial charge < -0.3 is 0 Å². The Kier molecular flexibility index (Phi) is 3.43. The van der Waals surface area contributed by atoms with Crippen molar-refractivity contribution in [3.05, 3.63) is 52.3 Å². The van der Waals surface area contributed by atoms with Crippen LogP contribution in [-0.4, -0.2) is 13.4 Å². The summed E-state index contributed by atoms with van der Waals surface area (Å²) in [6.45, 7) is 3.71. The molecule has 0 unspecified atom stereocenters. The summed E-state index contributed by atoms with van der Waals surface area (Å²) in [6, 6.07) is 10.9. The number of para-hydroxylation sites is 1. The normalized spacial score (nSPS) is 11.7. The summed E-state index contributed by atoms with van der Waals surface area (Å²) >= 11 is 1.48. The fourth-order valence-electron chi connectivity index (χ4n) is 2.26. The Morgan fingerprint density at radius 2 is 1.90 bits per heavy atom. The summed E-state index contributed by atoms with van der Waals surface area (Å²) in [7, 11) is -3.59. The molecule has 1 aromatic carbocycles. The molecule has 21 heavy (non-hydrogen) atoms. The Bertz CT molecular complexity index is 909. The van der Waals surface area contributed by atoms with E-state index in [0.29, 0.717) is 16.1 Å². The minimum Gasteiger partial charge on any atom is -0.277 e. The van der Waals surface area contributed by atoms with Crippen molar-refractivity contribution in [3.8, 4) is 0 Å². The van der Waals surface area contributed by atoms with Gasteiger partial charge in [-0.25, -0.2) is 8.42 Å². The zero-order valence-corrected chi connectivity index (χ0v) is 13.3. The molecule has 0 aliphatic rings. The van der Waals surface area contributed by atoms with Crippen LogP contribution in [0.3, 0.4) is 0 Å². The van der Waals surface area contributed by atoms with Crippen molar-refractivity contribution in [2.45, 2.75) is 18.7 Å². The lowest BCUT2D eigenvalue weighted by Gasteiger charge is -2.09. The largest absolute Gasteiger partial charge is 0.277 e. The van der Waals surface area contributed by atoms with Crippen LogP contribution >= 0.6 is 11.3 Å². The number of hydrogen-bond donors (Lipinski definition) is 1. The first kappa shape index (κ1) is 14.0. The number of anilines is 1. The molecule has 3 aromatic rings. The summed E-state index contributed by atoms with van der Waals surface area (Å²) in [5.41, 5.74) is 1.14. The molecule has 6 heteroatoms. The van der Waals surface area contributed by atoms with Crippen LogP contribution in [0, 0.1) is 13.8 Å². The van der Waals surface area contributed by atoms with Gasteiger partial charge in [-0.2, -0.15) is 0 Å². The first-order valence-corrected chi connectivity index (χ1v) is 8.71. The van der Waals surface area contributed by atoms with Gasteiger partial charge in [-0.05, 0) is 32.0 Å². The summed E-state index contributed by atoms with van der Waals surface area (Å²) in [5.74, 6) is 0. The highest BCUT2D eigenvalue weighted by Gasteiger charge is 2.20. The third-order valence-electron chi connectivity index (χ3n) is 3.16. The third kappa shape index (κ3) is 2.64. The second-order valence-corrected chi connectivity index (χ2v) is 7.87. The van der Waals surface area contributed by atoms with E-state index < -0.39 is 10.0 Å². The van der Waals surface area contributed by atoms with Crippen LogP contribution in [-0.2, 0) is 10.0 Å². The second kappa shape index (κ2) is 5.13. The highest BCUT2D eigenvalue weighted by atomic mass is 32.2. The van der Waals surface area contributed by atoms with Crippen LogP contribution in [0.25, 0.3) is 10.9 Å². The zero-order chi connectivity index (χ0) is 15.0. The first-order chi connectivity index (χ1) is 9.97. The summed E-state index contributed by atoms with van der Waals surface area (Å²) < 4.78 is 27.7. The molecule has 0 atom stereocenters. The molecular formula is C15H14N2O2S2. The van der Waals surface area contributed by atoms with Crippen LogP contribution in [0.2, 0.25) is 0 Å². The quantitative estimate of drug-likeness (QED) is 0.801. The summed E-state index contributed by atoms with van der Waals surface area (Å²) in [6.07, 6.45) is 1.65. The molecule has 2 aromatic heterocycles. The third-order valence-corrected chi connectivity index (χ3v) is 5.75. The SMILES string of the molecule is Cc1cc(S(=O)(=O)Nc2cccc3cccnc23)c(C)s1. The number of rotatable bonds is 3. The van der Waals surface area contributed by atoms with Crippen LogP contribution in [0.15, 0.2) is 47.5 Å². The molecule has 2 heterocycles. The van der Waals surface area contributed by atoms with Crippen molar-refractivity contribution in [2.75, 3.05) is 4.72 Å². The molecule has 0 radical (unpaired) electrons. The Labute approximate surface area is 127 Å². The van der Waals surface area contributed by atoms with Gasteiger partial charge in [-0.1, -0.05) is 18.2 Å². The lowest BCUT2D eigenvalue weighted by Crippen LogP contribution is -2.13. The number of fused-ring (bicyclic) bond motifs is 1. The van der Waals surface area contributed by atoms with Gasteiger partial charge >= 0.3 is 0 Å². The molecule has 3 rings (SSSR count). The van der Waals surface area contributed by atoms with Gasteiger partial charge in [0.2, 0.25) is 0 Å². The maximum absolute atomic E-state index is 12.5. The Morgan fingerprint density at radius 1 is 1.14 bits per heavy atom. The number of hydrogen-bond acceptors (Lipinski definition) is 4. The lowest BCUT2D eigenvalue weighted by molar-refractivity contribution is 0.601. The van der Waals surface area contributed by atoms with Gasteiger partial charge in [-0.3, -0.25) is 9.71 Å². The number of benzene rings is 1. The Balaban J connectivity index is 2.08. The highest BCUT2D eigenvalue weighted by molar-refractivity contribution is 7.93. The van der Waals surface area contributed by atoms with E-state index in [2.05, 4.69) is 9.71 Å². The van der Waals surface area contributed by atoms with Gasteiger partial charge in [-0.15, -0.1) is 11.3 Å². The van der Waals surface area contributed by atoms with E-state index in [0.717, 1.165) is 15.1 Å². The van der Waals surface area contributed by atoms with Crippen molar-refractivity contribution >= 4 is 38.0 Å². The molecule has 0 aliphatic heterocycles. The number of aryl methyl sites for hydroxylation is 2. The van der Waals surface area contributed by atoms with E-state index in [-0.39, 0.29) is 0 Å². The van der Waals surface area contributed by atoms with Gasteiger partial charge in [0.15, 0.2) is 0 Å².